The summed E-state index contributed by atoms with van der Waals surface area (Å²) in [5, 5.41) is 2.30. The Hall–Kier alpha value is -2.61. The zero-order chi connectivity index (χ0) is 18.1. The SMILES string of the molecule is CCC1(CC)/C=C\C2=C(/C=C\C1)C(=O)OC2c1cccc2ccccc12. The minimum atomic E-state index is -0.339. The van der Waals surface area contributed by atoms with Crippen LogP contribution in [-0.4, -0.2) is 5.97 Å². The van der Waals surface area contributed by atoms with E-state index in [1.807, 2.05) is 24.3 Å². The van der Waals surface area contributed by atoms with Gasteiger partial charge in [0, 0.05) is 11.1 Å². The normalized spacial score (nSPS) is 23.9. The molecule has 0 saturated heterocycles. The minimum absolute atomic E-state index is 0.157. The van der Waals surface area contributed by atoms with Crippen LogP contribution < -0.4 is 0 Å². The van der Waals surface area contributed by atoms with Gasteiger partial charge in [0.05, 0.1) is 5.57 Å². The van der Waals surface area contributed by atoms with Gasteiger partial charge in [-0.3, -0.25) is 0 Å². The lowest BCUT2D eigenvalue weighted by atomic mass is 9.77. The van der Waals surface area contributed by atoms with Crippen LogP contribution in [0.3, 0.4) is 0 Å². The largest absolute Gasteiger partial charge is 0.449 e. The van der Waals surface area contributed by atoms with Crippen molar-refractivity contribution in [2.45, 2.75) is 39.2 Å². The van der Waals surface area contributed by atoms with Crippen molar-refractivity contribution >= 4 is 16.7 Å². The monoisotopic (exact) mass is 344 g/mol. The van der Waals surface area contributed by atoms with Crippen LogP contribution in [0, 0.1) is 5.41 Å². The lowest BCUT2D eigenvalue weighted by Gasteiger charge is -2.28. The molecule has 1 unspecified atom stereocenters. The molecule has 132 valence electrons. The smallest absolute Gasteiger partial charge is 0.339 e. The molecule has 0 bridgehead atoms. The van der Waals surface area contributed by atoms with Gasteiger partial charge in [0.1, 0.15) is 0 Å². The van der Waals surface area contributed by atoms with Gasteiger partial charge in [-0.25, -0.2) is 4.79 Å². The molecule has 2 nitrogen and oxygen atoms in total. The summed E-state index contributed by atoms with van der Waals surface area (Å²) in [7, 11) is 0. The summed E-state index contributed by atoms with van der Waals surface area (Å²) >= 11 is 0. The van der Waals surface area contributed by atoms with Crippen molar-refractivity contribution in [1.29, 1.82) is 0 Å². The summed E-state index contributed by atoms with van der Waals surface area (Å²) in [5.74, 6) is -0.223. The Bertz CT molecular complexity index is 936. The van der Waals surface area contributed by atoms with E-state index in [1.165, 1.54) is 0 Å². The van der Waals surface area contributed by atoms with Gasteiger partial charge in [-0.15, -0.1) is 0 Å². The van der Waals surface area contributed by atoms with Gasteiger partial charge in [-0.2, -0.15) is 0 Å². The van der Waals surface area contributed by atoms with Crippen LogP contribution in [0.15, 0.2) is 77.9 Å². The summed E-state index contributed by atoms with van der Waals surface area (Å²) in [5.41, 5.74) is 2.89. The fraction of sp³-hybridized carbons (Fsp3) is 0.292. The van der Waals surface area contributed by atoms with Crippen LogP contribution in [0.5, 0.6) is 0 Å². The van der Waals surface area contributed by atoms with Gasteiger partial charge in [0.2, 0.25) is 0 Å². The van der Waals surface area contributed by atoms with Crippen molar-refractivity contribution in [3.8, 4) is 0 Å². The molecule has 0 N–H and O–H groups in total. The molecule has 0 saturated carbocycles. The van der Waals surface area contributed by atoms with Crippen molar-refractivity contribution in [2.75, 3.05) is 0 Å². The number of allylic oxidation sites excluding steroid dienone is 2. The third-order valence-corrected chi connectivity index (χ3v) is 5.98. The van der Waals surface area contributed by atoms with Crippen LogP contribution in [0.4, 0.5) is 0 Å². The van der Waals surface area contributed by atoms with Crippen LogP contribution >= 0.6 is 0 Å². The molecule has 2 aromatic rings. The van der Waals surface area contributed by atoms with E-state index >= 15 is 0 Å². The molecule has 2 heteroatoms. The van der Waals surface area contributed by atoms with Gasteiger partial charge in [0.15, 0.2) is 6.10 Å². The molecule has 0 amide bonds. The summed E-state index contributed by atoms with van der Waals surface area (Å²) in [4.78, 5) is 12.5. The highest BCUT2D eigenvalue weighted by atomic mass is 16.5. The number of hydrogen-bond donors (Lipinski definition) is 0. The highest BCUT2D eigenvalue weighted by molar-refractivity contribution is 5.97. The van der Waals surface area contributed by atoms with E-state index < -0.39 is 0 Å². The van der Waals surface area contributed by atoms with E-state index in [2.05, 4.69) is 56.3 Å². The highest BCUT2D eigenvalue weighted by Crippen LogP contribution is 2.43. The van der Waals surface area contributed by atoms with E-state index in [-0.39, 0.29) is 17.5 Å². The van der Waals surface area contributed by atoms with E-state index in [0.29, 0.717) is 5.57 Å². The molecule has 0 fully saturated rings. The number of benzene rings is 2. The lowest BCUT2D eigenvalue weighted by molar-refractivity contribution is -0.139. The molecule has 4 rings (SSSR count). The van der Waals surface area contributed by atoms with E-state index in [0.717, 1.165) is 41.2 Å². The fourth-order valence-corrected chi connectivity index (χ4v) is 4.07. The number of carbonyl (C=O) groups excluding carboxylic acids is 1. The van der Waals surface area contributed by atoms with Gasteiger partial charge in [0.25, 0.3) is 0 Å². The molecular weight excluding hydrogens is 320 g/mol. The van der Waals surface area contributed by atoms with E-state index in [1.54, 1.807) is 0 Å². The Labute approximate surface area is 154 Å². The summed E-state index contributed by atoms with van der Waals surface area (Å²) in [6.45, 7) is 4.47. The van der Waals surface area contributed by atoms with Crippen molar-refractivity contribution in [3.63, 3.8) is 0 Å². The Morgan fingerprint density at radius 1 is 1.04 bits per heavy atom. The molecule has 1 aliphatic heterocycles. The first-order valence-electron chi connectivity index (χ1n) is 9.46. The quantitative estimate of drug-likeness (QED) is 0.633. The zero-order valence-electron chi connectivity index (χ0n) is 15.4. The van der Waals surface area contributed by atoms with Crippen LogP contribution in [0.2, 0.25) is 0 Å². The molecule has 1 heterocycles. The number of ether oxygens (including phenoxy) is 1. The van der Waals surface area contributed by atoms with E-state index in [9.17, 15) is 4.79 Å². The van der Waals surface area contributed by atoms with E-state index in [4.69, 9.17) is 4.74 Å². The Morgan fingerprint density at radius 3 is 2.62 bits per heavy atom. The summed E-state index contributed by atoms with van der Waals surface area (Å²) in [6.07, 6.45) is 11.3. The average molecular weight is 344 g/mol. The predicted octanol–water partition coefficient (Wildman–Crippen LogP) is 6.06. The molecule has 0 aromatic heterocycles. The minimum Gasteiger partial charge on any atom is -0.449 e. The number of esters is 1. The second-order valence-corrected chi connectivity index (χ2v) is 7.23. The van der Waals surface area contributed by atoms with Gasteiger partial charge in [-0.05, 0) is 35.4 Å². The highest BCUT2D eigenvalue weighted by Gasteiger charge is 2.35. The third kappa shape index (κ3) is 2.70. The molecular formula is C24H24O2. The number of cyclic esters (lactones) is 1. The molecule has 0 radical (unpaired) electrons. The standard InChI is InChI=1S/C24H24O2/c1-3-24(4-2)15-8-13-21-20(14-16-24)22(26-23(21)25)19-12-7-10-17-9-5-6-11-18(17)19/h5-14,16,22H,3-4,15H2,1-2H3/b13-8-,16-14-. The predicted molar refractivity (Wildman–Crippen MR) is 106 cm³/mol. The maximum absolute atomic E-state index is 12.5. The Kier molecular flexibility index (Phi) is 4.28. The maximum Gasteiger partial charge on any atom is 0.339 e. The number of rotatable bonds is 3. The number of hydrogen-bond acceptors (Lipinski definition) is 2. The molecule has 26 heavy (non-hydrogen) atoms. The van der Waals surface area contributed by atoms with Crippen LogP contribution in [0.25, 0.3) is 10.8 Å². The molecule has 1 aliphatic carbocycles. The molecule has 0 spiro atoms. The first kappa shape index (κ1) is 16.8. The van der Waals surface area contributed by atoms with Crippen molar-refractivity contribution < 1.29 is 9.53 Å². The number of carbonyl (C=O) groups is 1. The van der Waals surface area contributed by atoms with Crippen LogP contribution in [0.1, 0.15) is 44.8 Å². The zero-order valence-corrected chi connectivity index (χ0v) is 15.4. The van der Waals surface area contributed by atoms with Gasteiger partial charge < -0.3 is 4.74 Å². The summed E-state index contributed by atoms with van der Waals surface area (Å²) in [6, 6.07) is 14.5. The van der Waals surface area contributed by atoms with Crippen molar-refractivity contribution in [1.82, 2.24) is 0 Å². The number of fused-ring (bicyclic) bond motifs is 1. The van der Waals surface area contributed by atoms with Gasteiger partial charge >= 0.3 is 5.97 Å². The first-order chi connectivity index (χ1) is 12.7. The fourth-order valence-electron chi connectivity index (χ4n) is 4.07. The lowest BCUT2D eigenvalue weighted by Crippen LogP contribution is -2.15. The topological polar surface area (TPSA) is 26.3 Å². The second kappa shape index (κ2) is 6.60. The van der Waals surface area contributed by atoms with Crippen LogP contribution in [-0.2, 0) is 9.53 Å². The Morgan fingerprint density at radius 2 is 1.81 bits per heavy atom. The summed E-state index contributed by atoms with van der Waals surface area (Å²) < 4.78 is 5.83. The molecule has 1 atom stereocenters. The van der Waals surface area contributed by atoms with Crippen molar-refractivity contribution in [2.24, 2.45) is 5.41 Å². The van der Waals surface area contributed by atoms with Gasteiger partial charge in [-0.1, -0.05) is 80.6 Å². The molecule has 2 aromatic carbocycles. The molecule has 2 aliphatic rings. The second-order valence-electron chi connectivity index (χ2n) is 7.23. The maximum atomic E-state index is 12.5. The first-order valence-corrected chi connectivity index (χ1v) is 9.46. The Balaban J connectivity index is 1.85. The third-order valence-electron chi connectivity index (χ3n) is 5.98. The average Bonchev–Trinajstić information content (AvgIpc) is 2.97. The van der Waals surface area contributed by atoms with Crippen molar-refractivity contribution in [3.05, 3.63) is 83.5 Å².